The fourth-order valence-corrected chi connectivity index (χ4v) is 9.17. The van der Waals surface area contributed by atoms with Crippen molar-refractivity contribution in [2.45, 2.75) is 45.6 Å². The molecule has 1 aromatic heterocycles. The van der Waals surface area contributed by atoms with E-state index in [0.717, 1.165) is 25.7 Å². The summed E-state index contributed by atoms with van der Waals surface area (Å²) in [6.45, 7) is -1.16. The summed E-state index contributed by atoms with van der Waals surface area (Å²) in [5, 5.41) is 4.35. The van der Waals surface area contributed by atoms with Crippen LogP contribution in [0.5, 0.6) is 17.2 Å². The van der Waals surface area contributed by atoms with E-state index in [1.807, 2.05) is 0 Å². The van der Waals surface area contributed by atoms with Gasteiger partial charge in [-0.05, 0) is 85.0 Å². The number of ether oxygens (including phenoxy) is 2. The molecule has 9 nitrogen and oxygen atoms in total. The maximum atomic E-state index is 14.1. The number of nitrogen functional groups attached to an aromatic ring is 1. The number of allylic oxidation sites excluding steroid dienone is 1. The number of carbonyl (C=O) groups excluding carboxylic acids is 1. The fourth-order valence-electron chi connectivity index (χ4n) is 6.95. The summed E-state index contributed by atoms with van der Waals surface area (Å²) < 4.78 is 80.7. The molecule has 3 aromatic carbocycles. The molecule has 4 aromatic rings. The number of fused-ring (bicyclic) bond motifs is 1. The molecule has 7 rings (SSSR count). The number of sulfonamides is 1. The minimum Gasteiger partial charge on any atom is -0.454 e. The Morgan fingerprint density at radius 3 is 2.53 bits per heavy atom. The van der Waals surface area contributed by atoms with Gasteiger partial charge in [-0.15, -0.1) is 0 Å². The van der Waals surface area contributed by atoms with E-state index in [1.54, 1.807) is 43.3 Å². The van der Waals surface area contributed by atoms with Crippen molar-refractivity contribution in [3.05, 3.63) is 94.4 Å². The van der Waals surface area contributed by atoms with Gasteiger partial charge in [0, 0.05) is 24.0 Å². The van der Waals surface area contributed by atoms with Crippen molar-refractivity contribution < 1.29 is 35.9 Å². The number of hydrogen-bond donors (Lipinski definition) is 1. The molecule has 244 valence electrons. The van der Waals surface area contributed by atoms with Crippen molar-refractivity contribution in [3.8, 4) is 22.9 Å². The SMILES string of the molecule is Cc1cc(Oc2ccccc2F)ccc1-n1ncc(C(=O)C2=Cc3cc(OC(F)F)c(N4CC5(CCCC5)CS4(=O)=O)cc3C2)c1N. The average molecular weight is 665 g/mol. The number of benzene rings is 3. The number of alkyl halides is 2. The lowest BCUT2D eigenvalue weighted by Gasteiger charge is -2.24. The summed E-state index contributed by atoms with van der Waals surface area (Å²) in [7, 11) is -3.76. The molecule has 0 unspecified atom stereocenters. The molecular weight excluding hydrogens is 633 g/mol. The van der Waals surface area contributed by atoms with Gasteiger partial charge in [0.05, 0.1) is 28.9 Å². The second kappa shape index (κ2) is 11.5. The summed E-state index contributed by atoms with van der Waals surface area (Å²) in [6.07, 6.45) is 6.46. The molecule has 0 radical (unpaired) electrons. The number of Topliss-reactive ketones (excluding diaryl/α,β-unsaturated/α-hetero) is 1. The Labute approximate surface area is 269 Å². The molecule has 1 aliphatic heterocycles. The molecule has 2 heterocycles. The van der Waals surface area contributed by atoms with E-state index < -0.39 is 33.7 Å². The predicted octanol–water partition coefficient (Wildman–Crippen LogP) is 6.83. The summed E-state index contributed by atoms with van der Waals surface area (Å²) in [5.41, 5.74) is 8.94. The molecular formula is C34H31F3N4O5S. The highest BCUT2D eigenvalue weighted by atomic mass is 32.2. The molecule has 1 saturated carbocycles. The maximum absolute atomic E-state index is 14.1. The first-order valence-electron chi connectivity index (χ1n) is 15.2. The van der Waals surface area contributed by atoms with Crippen molar-refractivity contribution in [2.75, 3.05) is 22.3 Å². The van der Waals surface area contributed by atoms with E-state index in [4.69, 9.17) is 15.2 Å². The Bertz CT molecular complexity index is 2050. The number of para-hydroxylation sites is 1. The van der Waals surface area contributed by atoms with E-state index in [-0.39, 0.29) is 47.3 Å². The fraction of sp³-hybridized carbons (Fsp3) is 0.294. The lowest BCUT2D eigenvalue weighted by atomic mass is 9.88. The molecule has 2 aliphatic carbocycles. The molecule has 0 amide bonds. The number of aryl methyl sites for hydroxylation is 1. The summed E-state index contributed by atoms with van der Waals surface area (Å²) >= 11 is 0. The number of ketones is 1. The minimum atomic E-state index is -3.76. The highest BCUT2D eigenvalue weighted by Gasteiger charge is 2.49. The second-order valence-electron chi connectivity index (χ2n) is 12.4. The third kappa shape index (κ3) is 5.62. The Hall–Kier alpha value is -4.78. The number of nitrogens with zero attached hydrogens (tertiary/aromatic N) is 3. The lowest BCUT2D eigenvalue weighted by Crippen LogP contribution is -2.28. The predicted molar refractivity (Wildman–Crippen MR) is 170 cm³/mol. The first kappa shape index (κ1) is 30.9. The zero-order valence-electron chi connectivity index (χ0n) is 25.4. The van der Waals surface area contributed by atoms with Crippen molar-refractivity contribution in [1.82, 2.24) is 9.78 Å². The average Bonchev–Trinajstić information content (AvgIpc) is 3.79. The van der Waals surface area contributed by atoms with Gasteiger partial charge in [-0.1, -0.05) is 25.0 Å². The number of carbonyl (C=O) groups is 1. The van der Waals surface area contributed by atoms with Gasteiger partial charge in [0.15, 0.2) is 23.1 Å². The standard InChI is InChI=1S/C34H31F3N4O5S/c1-20-12-24(45-29-7-3-2-6-26(29)35)8-9-27(20)41-32(38)25(17-39-41)31(42)23-13-21-15-28(30(46-33(36)37)16-22(21)14-23)40-18-34(10-4-5-11-34)19-47(40,43)44/h2-3,6-9,12,14-17,33H,4-5,10-11,13,18-19,38H2,1H3. The zero-order valence-corrected chi connectivity index (χ0v) is 26.2. The first-order valence-corrected chi connectivity index (χ1v) is 16.8. The maximum Gasteiger partial charge on any atom is 0.387 e. The van der Waals surface area contributed by atoms with Crippen LogP contribution in [0.2, 0.25) is 0 Å². The lowest BCUT2D eigenvalue weighted by molar-refractivity contribution is -0.0494. The van der Waals surface area contributed by atoms with Crippen molar-refractivity contribution >= 4 is 33.4 Å². The van der Waals surface area contributed by atoms with Crippen molar-refractivity contribution in [3.63, 3.8) is 0 Å². The van der Waals surface area contributed by atoms with Gasteiger partial charge in [0.1, 0.15) is 11.6 Å². The number of aromatic nitrogens is 2. The van der Waals surface area contributed by atoms with Crippen LogP contribution in [-0.2, 0) is 16.4 Å². The van der Waals surface area contributed by atoms with Crippen LogP contribution in [0.15, 0.2) is 66.4 Å². The minimum absolute atomic E-state index is 0.0305. The summed E-state index contributed by atoms with van der Waals surface area (Å²) in [5.74, 6) is -0.614. The molecule has 1 spiro atoms. The topological polar surface area (TPSA) is 117 Å². The third-order valence-corrected chi connectivity index (χ3v) is 11.2. The Balaban J connectivity index is 1.15. The highest BCUT2D eigenvalue weighted by Crippen LogP contribution is 2.49. The van der Waals surface area contributed by atoms with Gasteiger partial charge in [0.2, 0.25) is 10.0 Å². The Morgan fingerprint density at radius 1 is 1.04 bits per heavy atom. The van der Waals surface area contributed by atoms with Gasteiger partial charge in [0.25, 0.3) is 0 Å². The van der Waals surface area contributed by atoms with Crippen molar-refractivity contribution in [1.29, 1.82) is 0 Å². The third-order valence-electron chi connectivity index (χ3n) is 9.19. The van der Waals surface area contributed by atoms with E-state index in [1.165, 1.54) is 39.4 Å². The molecule has 13 heteroatoms. The highest BCUT2D eigenvalue weighted by molar-refractivity contribution is 7.93. The van der Waals surface area contributed by atoms with Gasteiger partial charge in [-0.3, -0.25) is 9.10 Å². The van der Waals surface area contributed by atoms with Crippen LogP contribution >= 0.6 is 0 Å². The van der Waals surface area contributed by atoms with Crippen LogP contribution in [0.25, 0.3) is 11.8 Å². The number of halogens is 3. The molecule has 0 atom stereocenters. The van der Waals surface area contributed by atoms with Gasteiger partial charge < -0.3 is 15.2 Å². The largest absolute Gasteiger partial charge is 0.454 e. The Kier molecular flexibility index (Phi) is 7.53. The Morgan fingerprint density at radius 2 is 1.81 bits per heavy atom. The van der Waals surface area contributed by atoms with Crippen LogP contribution in [0.4, 0.5) is 24.7 Å². The van der Waals surface area contributed by atoms with E-state index in [2.05, 4.69) is 5.10 Å². The van der Waals surface area contributed by atoms with Crippen LogP contribution in [0, 0.1) is 18.2 Å². The molecule has 2 N–H and O–H groups in total. The number of rotatable bonds is 8. The molecule has 47 heavy (non-hydrogen) atoms. The van der Waals surface area contributed by atoms with E-state index in [9.17, 15) is 26.4 Å². The normalized spacial score (nSPS) is 17.7. The number of hydrogen-bond acceptors (Lipinski definition) is 7. The van der Waals surface area contributed by atoms with Crippen LogP contribution < -0.4 is 19.5 Å². The van der Waals surface area contributed by atoms with Crippen LogP contribution in [0.1, 0.15) is 52.7 Å². The first-order chi connectivity index (χ1) is 22.4. The summed E-state index contributed by atoms with van der Waals surface area (Å²) in [6, 6.07) is 14.0. The smallest absolute Gasteiger partial charge is 0.387 e. The monoisotopic (exact) mass is 664 g/mol. The number of nitrogens with two attached hydrogens (primary N) is 1. The second-order valence-corrected chi connectivity index (χ2v) is 14.3. The van der Waals surface area contributed by atoms with Gasteiger partial charge in [-0.25, -0.2) is 17.5 Å². The molecule has 0 bridgehead atoms. The molecule has 1 saturated heterocycles. The van der Waals surface area contributed by atoms with E-state index >= 15 is 0 Å². The quantitative estimate of drug-likeness (QED) is 0.205. The summed E-state index contributed by atoms with van der Waals surface area (Å²) in [4.78, 5) is 13.7. The van der Waals surface area contributed by atoms with Gasteiger partial charge in [-0.2, -0.15) is 13.9 Å². The van der Waals surface area contributed by atoms with E-state index in [0.29, 0.717) is 33.7 Å². The van der Waals surface area contributed by atoms with Gasteiger partial charge >= 0.3 is 6.61 Å². The van der Waals surface area contributed by atoms with Crippen LogP contribution in [-0.4, -0.2) is 42.9 Å². The van der Waals surface area contributed by atoms with Crippen molar-refractivity contribution in [2.24, 2.45) is 5.41 Å². The number of anilines is 2. The zero-order chi connectivity index (χ0) is 33.1. The molecule has 3 aliphatic rings. The van der Waals surface area contributed by atoms with Crippen LogP contribution in [0.3, 0.4) is 0 Å². The molecule has 2 fully saturated rings.